The zero-order chi connectivity index (χ0) is 14.9. The molecule has 0 aliphatic rings. The summed E-state index contributed by atoms with van der Waals surface area (Å²) in [6.07, 6.45) is 0. The Labute approximate surface area is 134 Å². The molecule has 20 heavy (non-hydrogen) atoms. The highest BCUT2D eigenvalue weighted by molar-refractivity contribution is 9.11. The van der Waals surface area contributed by atoms with Crippen LogP contribution in [0.4, 0.5) is 11.4 Å². The Bertz CT molecular complexity index is 761. The minimum Gasteiger partial charge on any atom is -0.399 e. The van der Waals surface area contributed by atoms with E-state index in [1.54, 1.807) is 30.3 Å². The molecule has 0 heterocycles. The van der Waals surface area contributed by atoms with Gasteiger partial charge in [-0.1, -0.05) is 15.9 Å². The van der Waals surface area contributed by atoms with E-state index in [4.69, 9.17) is 5.73 Å². The fourth-order valence-electron chi connectivity index (χ4n) is 1.64. The normalized spacial score (nSPS) is 11.3. The Morgan fingerprint density at radius 3 is 2.40 bits per heavy atom. The summed E-state index contributed by atoms with van der Waals surface area (Å²) in [4.78, 5) is 0.176. The first-order valence-electron chi connectivity index (χ1n) is 5.63. The third kappa shape index (κ3) is 3.34. The SMILES string of the molecule is Cc1cc(NS(=O)(=O)c2ccc(Br)cc2Br)ccc1N. The number of hydrogen-bond acceptors (Lipinski definition) is 3. The molecule has 0 spiro atoms. The smallest absolute Gasteiger partial charge is 0.263 e. The molecule has 106 valence electrons. The Morgan fingerprint density at radius 2 is 1.80 bits per heavy atom. The van der Waals surface area contributed by atoms with Gasteiger partial charge in [0.25, 0.3) is 10.0 Å². The van der Waals surface area contributed by atoms with E-state index in [1.807, 2.05) is 6.92 Å². The summed E-state index contributed by atoms with van der Waals surface area (Å²) >= 11 is 6.54. The first-order valence-corrected chi connectivity index (χ1v) is 8.70. The van der Waals surface area contributed by atoms with Crippen LogP contribution in [0.3, 0.4) is 0 Å². The van der Waals surface area contributed by atoms with Crippen molar-refractivity contribution in [3.63, 3.8) is 0 Å². The third-order valence-corrected chi connectivity index (χ3v) is 5.56. The quantitative estimate of drug-likeness (QED) is 0.741. The first kappa shape index (κ1) is 15.3. The number of anilines is 2. The summed E-state index contributed by atoms with van der Waals surface area (Å²) in [5, 5.41) is 0. The van der Waals surface area contributed by atoms with E-state index >= 15 is 0 Å². The minimum atomic E-state index is -3.65. The van der Waals surface area contributed by atoms with Crippen molar-refractivity contribution >= 4 is 53.3 Å². The highest BCUT2D eigenvalue weighted by atomic mass is 79.9. The summed E-state index contributed by atoms with van der Waals surface area (Å²) in [7, 11) is -3.65. The van der Waals surface area contributed by atoms with Crippen LogP contribution in [0, 0.1) is 6.92 Å². The molecule has 0 aliphatic heterocycles. The lowest BCUT2D eigenvalue weighted by Crippen LogP contribution is -2.13. The topological polar surface area (TPSA) is 72.2 Å². The average Bonchev–Trinajstić information content (AvgIpc) is 2.33. The molecule has 0 radical (unpaired) electrons. The van der Waals surface area contributed by atoms with E-state index in [2.05, 4.69) is 36.6 Å². The van der Waals surface area contributed by atoms with Crippen molar-refractivity contribution in [2.75, 3.05) is 10.5 Å². The fourth-order valence-corrected chi connectivity index (χ4v) is 4.44. The lowest BCUT2D eigenvalue weighted by atomic mass is 10.2. The van der Waals surface area contributed by atoms with Gasteiger partial charge in [0, 0.05) is 20.3 Å². The van der Waals surface area contributed by atoms with Crippen LogP contribution in [-0.4, -0.2) is 8.42 Å². The third-order valence-electron chi connectivity index (χ3n) is 2.71. The number of nitrogen functional groups attached to an aromatic ring is 1. The van der Waals surface area contributed by atoms with E-state index in [1.165, 1.54) is 6.07 Å². The molecular weight excluding hydrogens is 408 g/mol. The summed E-state index contributed by atoms with van der Waals surface area (Å²) in [6.45, 7) is 1.82. The van der Waals surface area contributed by atoms with Crippen molar-refractivity contribution < 1.29 is 8.42 Å². The van der Waals surface area contributed by atoms with Crippen LogP contribution in [-0.2, 0) is 10.0 Å². The van der Waals surface area contributed by atoms with Gasteiger partial charge in [0.1, 0.15) is 4.90 Å². The van der Waals surface area contributed by atoms with Crippen molar-refractivity contribution in [1.29, 1.82) is 0 Å². The van der Waals surface area contributed by atoms with Crippen LogP contribution < -0.4 is 10.5 Å². The molecular formula is C13H12Br2N2O2S. The summed E-state index contributed by atoms with van der Waals surface area (Å²) in [6, 6.07) is 9.88. The molecule has 0 aliphatic carbocycles. The molecule has 0 saturated heterocycles. The van der Waals surface area contributed by atoms with Gasteiger partial charge in [-0.3, -0.25) is 4.72 Å². The van der Waals surface area contributed by atoms with Crippen LogP contribution in [0.15, 0.2) is 50.2 Å². The number of rotatable bonds is 3. The van der Waals surface area contributed by atoms with Gasteiger partial charge < -0.3 is 5.73 Å². The van der Waals surface area contributed by atoms with Gasteiger partial charge in [0.15, 0.2) is 0 Å². The molecule has 2 aromatic rings. The highest BCUT2D eigenvalue weighted by Crippen LogP contribution is 2.28. The molecule has 4 nitrogen and oxygen atoms in total. The van der Waals surface area contributed by atoms with Gasteiger partial charge in [-0.2, -0.15) is 0 Å². The van der Waals surface area contributed by atoms with Crippen molar-refractivity contribution in [2.45, 2.75) is 11.8 Å². The van der Waals surface area contributed by atoms with Gasteiger partial charge >= 0.3 is 0 Å². The molecule has 0 saturated carbocycles. The van der Waals surface area contributed by atoms with E-state index in [-0.39, 0.29) is 4.90 Å². The largest absolute Gasteiger partial charge is 0.399 e. The Morgan fingerprint density at radius 1 is 1.10 bits per heavy atom. The molecule has 3 N–H and O–H groups in total. The predicted octanol–water partition coefficient (Wildman–Crippen LogP) is 3.90. The van der Waals surface area contributed by atoms with Crippen molar-refractivity contribution in [3.05, 3.63) is 50.9 Å². The van der Waals surface area contributed by atoms with Gasteiger partial charge in [-0.25, -0.2) is 8.42 Å². The molecule has 0 aromatic heterocycles. The van der Waals surface area contributed by atoms with Crippen molar-refractivity contribution in [3.8, 4) is 0 Å². The maximum Gasteiger partial charge on any atom is 0.263 e. The molecule has 7 heteroatoms. The Hall–Kier alpha value is -1.05. The summed E-state index contributed by atoms with van der Waals surface area (Å²) in [5.41, 5.74) is 7.64. The Kier molecular flexibility index (Phi) is 4.41. The predicted molar refractivity (Wildman–Crippen MR) is 88.2 cm³/mol. The second-order valence-electron chi connectivity index (χ2n) is 4.25. The average molecular weight is 420 g/mol. The van der Waals surface area contributed by atoms with Crippen LogP contribution in [0.5, 0.6) is 0 Å². The molecule has 2 rings (SSSR count). The zero-order valence-corrected chi connectivity index (χ0v) is 14.5. The van der Waals surface area contributed by atoms with Crippen molar-refractivity contribution in [2.24, 2.45) is 0 Å². The number of benzene rings is 2. The number of hydrogen-bond donors (Lipinski definition) is 2. The minimum absolute atomic E-state index is 0.176. The van der Waals surface area contributed by atoms with E-state index < -0.39 is 10.0 Å². The number of nitrogens with one attached hydrogen (secondary N) is 1. The molecule has 0 bridgehead atoms. The molecule has 2 aromatic carbocycles. The van der Waals surface area contributed by atoms with Crippen LogP contribution in [0.1, 0.15) is 5.56 Å². The number of halogens is 2. The van der Waals surface area contributed by atoms with Gasteiger partial charge in [-0.15, -0.1) is 0 Å². The summed E-state index contributed by atoms with van der Waals surface area (Å²) < 4.78 is 28.5. The fraction of sp³-hybridized carbons (Fsp3) is 0.0769. The van der Waals surface area contributed by atoms with Crippen LogP contribution >= 0.6 is 31.9 Å². The van der Waals surface area contributed by atoms with Crippen LogP contribution in [0.2, 0.25) is 0 Å². The maximum atomic E-state index is 12.3. The van der Waals surface area contributed by atoms with Gasteiger partial charge in [-0.05, 0) is 64.8 Å². The highest BCUT2D eigenvalue weighted by Gasteiger charge is 2.18. The molecule has 0 amide bonds. The monoisotopic (exact) mass is 418 g/mol. The van der Waals surface area contributed by atoms with Crippen LogP contribution in [0.25, 0.3) is 0 Å². The number of sulfonamides is 1. The standard InChI is InChI=1S/C13H12Br2N2O2S/c1-8-6-10(3-4-12(8)16)17-20(18,19)13-5-2-9(14)7-11(13)15/h2-7,17H,16H2,1H3. The molecule has 0 unspecified atom stereocenters. The second kappa shape index (κ2) is 5.75. The number of nitrogens with two attached hydrogens (primary N) is 1. The lowest BCUT2D eigenvalue weighted by molar-refractivity contribution is 0.600. The van der Waals surface area contributed by atoms with Gasteiger partial charge in [0.2, 0.25) is 0 Å². The van der Waals surface area contributed by atoms with E-state index in [0.29, 0.717) is 15.8 Å². The number of aryl methyl sites for hydroxylation is 1. The van der Waals surface area contributed by atoms with E-state index in [0.717, 1.165) is 10.0 Å². The van der Waals surface area contributed by atoms with E-state index in [9.17, 15) is 8.42 Å². The molecule has 0 atom stereocenters. The van der Waals surface area contributed by atoms with Crippen molar-refractivity contribution in [1.82, 2.24) is 0 Å². The first-order chi connectivity index (χ1) is 9.29. The second-order valence-corrected chi connectivity index (χ2v) is 7.67. The Balaban J connectivity index is 2.38. The zero-order valence-electron chi connectivity index (χ0n) is 10.5. The van der Waals surface area contributed by atoms with Gasteiger partial charge in [0.05, 0.1) is 0 Å². The summed E-state index contributed by atoms with van der Waals surface area (Å²) in [5.74, 6) is 0. The molecule has 0 fully saturated rings. The maximum absolute atomic E-state index is 12.3. The lowest BCUT2D eigenvalue weighted by Gasteiger charge is -2.11.